The highest BCUT2D eigenvalue weighted by molar-refractivity contribution is 7.89. The number of rotatable bonds is 4. The molecule has 2 rings (SSSR count). The molecule has 0 amide bonds. The van der Waals surface area contributed by atoms with E-state index in [0.29, 0.717) is 0 Å². The van der Waals surface area contributed by atoms with E-state index in [2.05, 4.69) is 4.18 Å². The van der Waals surface area contributed by atoms with Crippen molar-refractivity contribution in [3.8, 4) is 0 Å². The highest BCUT2D eigenvalue weighted by Gasteiger charge is 2.49. The van der Waals surface area contributed by atoms with Gasteiger partial charge in [-0.1, -0.05) is 17.7 Å². The molecule has 6 nitrogen and oxygen atoms in total. The van der Waals surface area contributed by atoms with Crippen molar-refractivity contribution in [1.29, 1.82) is 0 Å². The molecule has 1 aromatic rings. The van der Waals surface area contributed by atoms with Gasteiger partial charge in [-0.05, 0) is 25.5 Å². The van der Waals surface area contributed by atoms with E-state index in [9.17, 15) is 30.0 Å². The van der Waals surface area contributed by atoms with E-state index in [1.807, 2.05) is 0 Å². The Labute approximate surface area is 137 Å². The van der Waals surface area contributed by atoms with Crippen molar-refractivity contribution in [3.63, 3.8) is 0 Å². The van der Waals surface area contributed by atoms with Gasteiger partial charge in [-0.25, -0.2) is 8.42 Å². The molecule has 0 unspecified atom stereocenters. The fourth-order valence-electron chi connectivity index (χ4n) is 1.99. The number of sulfonamides is 1. The summed E-state index contributed by atoms with van der Waals surface area (Å²) in [5.74, 6) is -0.575. The Kier molecular flexibility index (Phi) is 4.86. The van der Waals surface area contributed by atoms with E-state index < -0.39 is 31.4 Å². The van der Waals surface area contributed by atoms with E-state index >= 15 is 0 Å². The molecule has 0 fully saturated rings. The molecule has 0 bridgehead atoms. The first kappa shape index (κ1) is 18.6. The SMILES string of the molecule is Cc1ccc(S(=O)(=O)N2C=C(OS(=O)(=O)C(F)(F)F)CCC2)cc1. The maximum atomic E-state index is 12.5. The number of hydrogen-bond donors (Lipinski definition) is 0. The molecule has 0 radical (unpaired) electrons. The minimum absolute atomic E-state index is 0.00906. The van der Waals surface area contributed by atoms with E-state index in [4.69, 9.17) is 0 Å². The molecule has 0 saturated heterocycles. The molecule has 134 valence electrons. The van der Waals surface area contributed by atoms with Crippen LogP contribution in [0.2, 0.25) is 0 Å². The molecule has 0 N–H and O–H groups in total. The molecule has 0 saturated carbocycles. The first-order valence-corrected chi connectivity index (χ1v) is 9.58. The monoisotopic (exact) mass is 385 g/mol. The third-order valence-electron chi connectivity index (χ3n) is 3.22. The maximum Gasteiger partial charge on any atom is 0.534 e. The van der Waals surface area contributed by atoms with Gasteiger partial charge >= 0.3 is 15.6 Å². The van der Waals surface area contributed by atoms with Gasteiger partial charge < -0.3 is 4.18 Å². The number of allylic oxidation sites excluding steroid dienone is 1. The summed E-state index contributed by atoms with van der Waals surface area (Å²) in [6.07, 6.45) is 0.793. The Balaban J connectivity index is 2.30. The molecule has 11 heteroatoms. The van der Waals surface area contributed by atoms with Crippen molar-refractivity contribution < 1.29 is 34.2 Å². The van der Waals surface area contributed by atoms with Crippen molar-refractivity contribution in [3.05, 3.63) is 41.8 Å². The molecule has 1 aromatic carbocycles. The zero-order valence-electron chi connectivity index (χ0n) is 12.4. The molecule has 0 atom stereocenters. The highest BCUT2D eigenvalue weighted by Crippen LogP contribution is 2.30. The van der Waals surface area contributed by atoms with Gasteiger partial charge in [-0.2, -0.15) is 21.6 Å². The molecule has 1 aliphatic rings. The first-order valence-electron chi connectivity index (χ1n) is 6.73. The average Bonchev–Trinajstić information content (AvgIpc) is 2.46. The van der Waals surface area contributed by atoms with Crippen LogP contribution in [-0.2, 0) is 24.3 Å². The van der Waals surface area contributed by atoms with Crippen LogP contribution < -0.4 is 0 Å². The molecular formula is C13H14F3NO5S2. The summed E-state index contributed by atoms with van der Waals surface area (Å²) in [7, 11) is -9.83. The van der Waals surface area contributed by atoms with Gasteiger partial charge in [0, 0.05) is 13.0 Å². The predicted molar refractivity (Wildman–Crippen MR) is 78.4 cm³/mol. The van der Waals surface area contributed by atoms with Gasteiger partial charge in [-0.15, -0.1) is 0 Å². The van der Waals surface area contributed by atoms with Crippen LogP contribution in [0.4, 0.5) is 13.2 Å². The quantitative estimate of drug-likeness (QED) is 0.588. The second-order valence-corrected chi connectivity index (χ2v) is 8.54. The van der Waals surface area contributed by atoms with Gasteiger partial charge in [0.25, 0.3) is 10.0 Å². The topological polar surface area (TPSA) is 80.8 Å². The van der Waals surface area contributed by atoms with E-state index in [1.165, 1.54) is 12.1 Å². The van der Waals surface area contributed by atoms with Gasteiger partial charge in [0.1, 0.15) is 5.76 Å². The summed E-state index contributed by atoms with van der Waals surface area (Å²) < 4.78 is 88.8. The molecule has 1 heterocycles. The molecule has 24 heavy (non-hydrogen) atoms. The Morgan fingerprint density at radius 1 is 1.08 bits per heavy atom. The number of alkyl halides is 3. The summed E-state index contributed by atoms with van der Waals surface area (Å²) >= 11 is 0. The van der Waals surface area contributed by atoms with Crippen LogP contribution in [0.15, 0.2) is 41.1 Å². The summed E-state index contributed by atoms with van der Waals surface area (Å²) in [6.45, 7) is 1.78. The van der Waals surface area contributed by atoms with Crippen molar-refractivity contribution in [2.24, 2.45) is 0 Å². The summed E-state index contributed by atoms with van der Waals surface area (Å²) in [5.41, 5.74) is -4.74. The second kappa shape index (κ2) is 6.28. The van der Waals surface area contributed by atoms with Crippen molar-refractivity contribution in [1.82, 2.24) is 4.31 Å². The molecule has 0 aliphatic carbocycles. The van der Waals surface area contributed by atoms with Crippen LogP contribution in [0, 0.1) is 6.92 Å². The summed E-state index contributed by atoms with van der Waals surface area (Å²) in [6, 6.07) is 5.87. The Bertz CT molecular complexity index is 843. The molecule has 0 aromatic heterocycles. The molecular weight excluding hydrogens is 371 g/mol. The maximum absolute atomic E-state index is 12.5. The Hall–Kier alpha value is -1.75. The Morgan fingerprint density at radius 2 is 1.67 bits per heavy atom. The fraction of sp³-hybridized carbons (Fsp3) is 0.385. The zero-order chi connectivity index (χ0) is 18.2. The van der Waals surface area contributed by atoms with Gasteiger partial charge in [0.15, 0.2) is 0 Å². The van der Waals surface area contributed by atoms with Gasteiger partial charge in [0.2, 0.25) is 0 Å². The number of hydrogen-bond acceptors (Lipinski definition) is 5. The number of benzene rings is 1. The third kappa shape index (κ3) is 3.83. The molecule has 1 aliphatic heterocycles. The smallest absolute Gasteiger partial charge is 0.379 e. The highest BCUT2D eigenvalue weighted by atomic mass is 32.2. The minimum atomic E-state index is -5.83. The van der Waals surface area contributed by atoms with Crippen LogP contribution in [-0.4, -0.2) is 33.2 Å². The lowest BCUT2D eigenvalue weighted by Gasteiger charge is -2.26. The fourth-order valence-corrected chi connectivity index (χ4v) is 3.86. The lowest BCUT2D eigenvalue weighted by Crippen LogP contribution is -2.32. The zero-order valence-corrected chi connectivity index (χ0v) is 14.1. The number of nitrogens with zero attached hydrogens (tertiary/aromatic N) is 1. The summed E-state index contributed by atoms with van der Waals surface area (Å²) in [5, 5.41) is 0. The molecule has 0 spiro atoms. The van der Waals surface area contributed by atoms with Crippen LogP contribution in [0.3, 0.4) is 0 Å². The number of halogens is 3. The van der Waals surface area contributed by atoms with Crippen molar-refractivity contribution in [2.75, 3.05) is 6.54 Å². The van der Waals surface area contributed by atoms with Gasteiger partial charge in [0.05, 0.1) is 11.1 Å². The third-order valence-corrected chi connectivity index (χ3v) is 5.99. The standard InChI is InChI=1S/C13H14F3NO5S2/c1-10-4-6-12(7-5-10)23(18,19)17-8-2-3-11(9-17)22-24(20,21)13(14,15)16/h4-7,9H,2-3,8H2,1H3. The largest absolute Gasteiger partial charge is 0.534 e. The Morgan fingerprint density at radius 3 is 2.21 bits per heavy atom. The first-order chi connectivity index (χ1) is 10.9. The van der Waals surface area contributed by atoms with Crippen LogP contribution in [0.1, 0.15) is 18.4 Å². The van der Waals surface area contributed by atoms with E-state index in [-0.39, 0.29) is 24.3 Å². The van der Waals surface area contributed by atoms with Crippen LogP contribution in [0.5, 0.6) is 0 Å². The van der Waals surface area contributed by atoms with E-state index in [0.717, 1.165) is 16.1 Å². The van der Waals surface area contributed by atoms with E-state index in [1.54, 1.807) is 19.1 Å². The predicted octanol–water partition coefficient (Wildman–Crippen LogP) is 2.49. The van der Waals surface area contributed by atoms with Crippen molar-refractivity contribution >= 4 is 20.1 Å². The minimum Gasteiger partial charge on any atom is -0.379 e. The summed E-state index contributed by atoms with van der Waals surface area (Å²) in [4.78, 5) is -0.0516. The average molecular weight is 385 g/mol. The van der Waals surface area contributed by atoms with Crippen molar-refractivity contribution in [2.45, 2.75) is 30.2 Å². The lowest BCUT2D eigenvalue weighted by molar-refractivity contribution is -0.0524. The van der Waals surface area contributed by atoms with Crippen LogP contribution in [0.25, 0.3) is 0 Å². The normalized spacial score (nSPS) is 16.7. The second-order valence-electron chi connectivity index (χ2n) is 5.11. The lowest BCUT2D eigenvalue weighted by atomic mass is 10.2. The van der Waals surface area contributed by atoms with Crippen LogP contribution >= 0.6 is 0 Å². The number of aryl methyl sites for hydroxylation is 1. The van der Waals surface area contributed by atoms with Gasteiger partial charge in [-0.3, -0.25) is 4.31 Å².